The van der Waals surface area contributed by atoms with Gasteiger partial charge in [-0.15, -0.1) is 22.7 Å². The zero-order valence-corrected chi connectivity index (χ0v) is 12.0. The highest BCUT2D eigenvalue weighted by Gasteiger charge is 2.07. The van der Waals surface area contributed by atoms with Crippen molar-refractivity contribution in [3.63, 3.8) is 0 Å². The van der Waals surface area contributed by atoms with Gasteiger partial charge in [-0.1, -0.05) is 0 Å². The van der Waals surface area contributed by atoms with Crippen LogP contribution in [0.3, 0.4) is 0 Å². The van der Waals surface area contributed by atoms with Crippen LogP contribution >= 0.6 is 22.7 Å². The fraction of sp³-hybridized carbons (Fsp3) is 0.462. The van der Waals surface area contributed by atoms with E-state index in [4.69, 9.17) is 4.98 Å². The molecule has 0 spiro atoms. The van der Waals surface area contributed by atoms with E-state index in [9.17, 15) is 0 Å². The van der Waals surface area contributed by atoms with Crippen molar-refractivity contribution in [1.82, 2.24) is 10.3 Å². The van der Waals surface area contributed by atoms with Gasteiger partial charge in [-0.3, -0.25) is 0 Å². The van der Waals surface area contributed by atoms with Crippen molar-refractivity contribution in [3.8, 4) is 10.6 Å². The summed E-state index contributed by atoms with van der Waals surface area (Å²) in [5, 5.41) is 8.76. The minimum Gasteiger partial charge on any atom is -0.320 e. The number of rotatable bonds is 6. The molecule has 0 fully saturated rings. The van der Waals surface area contributed by atoms with Crippen molar-refractivity contribution in [3.05, 3.63) is 27.4 Å². The third kappa shape index (κ3) is 3.37. The van der Waals surface area contributed by atoms with Gasteiger partial charge in [-0.05, 0) is 56.8 Å². The number of aromatic nitrogens is 1. The predicted octanol–water partition coefficient (Wildman–Crippen LogP) is 3.72. The molecule has 2 aromatic rings. The molecule has 2 aromatic heterocycles. The van der Waals surface area contributed by atoms with Crippen LogP contribution in [0.25, 0.3) is 10.6 Å². The minimum absolute atomic E-state index is 1.10. The third-order valence-electron chi connectivity index (χ3n) is 2.71. The third-order valence-corrected chi connectivity index (χ3v) is 4.66. The van der Waals surface area contributed by atoms with Gasteiger partial charge < -0.3 is 5.32 Å². The molecule has 0 unspecified atom stereocenters. The highest BCUT2D eigenvalue weighted by molar-refractivity contribution is 7.14. The molecule has 0 aromatic carbocycles. The summed E-state index contributed by atoms with van der Waals surface area (Å²) >= 11 is 3.57. The lowest BCUT2D eigenvalue weighted by Crippen LogP contribution is -2.07. The molecule has 1 N–H and O–H groups in total. The van der Waals surface area contributed by atoms with Gasteiger partial charge in [0.2, 0.25) is 0 Å². The lowest BCUT2D eigenvalue weighted by atomic mass is 10.2. The van der Waals surface area contributed by atoms with Crippen molar-refractivity contribution in [2.75, 3.05) is 13.6 Å². The number of aryl methyl sites for hydroxylation is 2. The van der Waals surface area contributed by atoms with Crippen molar-refractivity contribution in [1.29, 1.82) is 0 Å². The lowest BCUT2D eigenvalue weighted by Gasteiger charge is -1.97. The molecule has 0 saturated carbocycles. The zero-order valence-electron chi connectivity index (χ0n) is 10.3. The highest BCUT2D eigenvalue weighted by Crippen LogP contribution is 2.30. The second-order valence-electron chi connectivity index (χ2n) is 4.12. The molecule has 2 heterocycles. The molecule has 92 valence electrons. The Kier molecular flexibility index (Phi) is 4.71. The maximum absolute atomic E-state index is 4.72. The van der Waals surface area contributed by atoms with E-state index in [2.05, 4.69) is 29.1 Å². The summed E-state index contributed by atoms with van der Waals surface area (Å²) in [5.74, 6) is 0. The maximum atomic E-state index is 4.72. The fourth-order valence-corrected chi connectivity index (χ4v) is 3.54. The molecule has 2 nitrogen and oxygen atoms in total. The maximum Gasteiger partial charge on any atom is 0.0932 e. The molecular weight excluding hydrogens is 248 g/mol. The average Bonchev–Trinajstić information content (AvgIpc) is 2.93. The number of hydrogen-bond acceptors (Lipinski definition) is 4. The van der Waals surface area contributed by atoms with Crippen LogP contribution in [0.4, 0.5) is 0 Å². The Labute approximate surface area is 111 Å². The minimum atomic E-state index is 1.10. The Morgan fingerprint density at radius 1 is 1.29 bits per heavy atom. The number of thiazole rings is 1. The van der Waals surface area contributed by atoms with Gasteiger partial charge in [-0.25, -0.2) is 4.98 Å². The SMILES string of the molecule is CNCCCCc1nc(-c2sccc2C)cs1. The van der Waals surface area contributed by atoms with Gasteiger partial charge in [0.05, 0.1) is 15.6 Å². The smallest absolute Gasteiger partial charge is 0.0932 e. The molecule has 17 heavy (non-hydrogen) atoms. The first-order valence-corrected chi connectivity index (χ1v) is 7.70. The number of nitrogens with one attached hydrogen (secondary N) is 1. The molecular formula is C13H18N2S2. The summed E-state index contributed by atoms with van der Waals surface area (Å²) in [7, 11) is 2.00. The Balaban J connectivity index is 1.95. The predicted molar refractivity (Wildman–Crippen MR) is 77.0 cm³/mol. The van der Waals surface area contributed by atoms with Gasteiger partial charge in [0.1, 0.15) is 0 Å². The normalized spacial score (nSPS) is 10.9. The quantitative estimate of drug-likeness (QED) is 0.806. The summed E-state index contributed by atoms with van der Waals surface area (Å²) in [6.07, 6.45) is 3.55. The largest absolute Gasteiger partial charge is 0.320 e. The lowest BCUT2D eigenvalue weighted by molar-refractivity contribution is 0.676. The Morgan fingerprint density at radius 2 is 2.18 bits per heavy atom. The van der Waals surface area contributed by atoms with Crippen LogP contribution in [0.2, 0.25) is 0 Å². The summed E-state index contributed by atoms with van der Waals surface area (Å²) in [6, 6.07) is 2.16. The number of hydrogen-bond donors (Lipinski definition) is 1. The number of nitrogens with zero attached hydrogens (tertiary/aromatic N) is 1. The van der Waals surface area contributed by atoms with Crippen LogP contribution in [0, 0.1) is 6.92 Å². The van der Waals surface area contributed by atoms with Crippen LogP contribution in [-0.4, -0.2) is 18.6 Å². The van der Waals surface area contributed by atoms with E-state index < -0.39 is 0 Å². The Bertz CT molecular complexity index is 459. The standard InChI is InChI=1S/C13H18N2S2/c1-10-6-8-16-13(10)11-9-17-12(15-11)5-3-4-7-14-2/h6,8-9,14H,3-5,7H2,1-2H3. The Morgan fingerprint density at radius 3 is 2.88 bits per heavy atom. The molecule has 0 saturated heterocycles. The van der Waals surface area contributed by atoms with Crippen molar-refractivity contribution < 1.29 is 0 Å². The van der Waals surface area contributed by atoms with Crippen LogP contribution in [0.15, 0.2) is 16.8 Å². The van der Waals surface area contributed by atoms with E-state index in [0.717, 1.165) is 18.7 Å². The second-order valence-corrected chi connectivity index (χ2v) is 5.98. The molecule has 2 rings (SSSR count). The van der Waals surface area contributed by atoms with Crippen molar-refractivity contribution >= 4 is 22.7 Å². The molecule has 0 bridgehead atoms. The van der Waals surface area contributed by atoms with Gasteiger partial charge >= 0.3 is 0 Å². The van der Waals surface area contributed by atoms with Crippen molar-refractivity contribution in [2.45, 2.75) is 26.2 Å². The average molecular weight is 266 g/mol. The van der Waals surface area contributed by atoms with Gasteiger partial charge in [0.25, 0.3) is 0 Å². The molecule has 0 aliphatic heterocycles. The first-order valence-electron chi connectivity index (χ1n) is 5.94. The molecule has 0 amide bonds. The molecule has 0 radical (unpaired) electrons. The molecule has 0 atom stereocenters. The molecule has 4 heteroatoms. The monoisotopic (exact) mass is 266 g/mol. The summed E-state index contributed by atoms with van der Waals surface area (Å²) < 4.78 is 0. The topological polar surface area (TPSA) is 24.9 Å². The van der Waals surface area contributed by atoms with Gasteiger partial charge in [-0.2, -0.15) is 0 Å². The fourth-order valence-electron chi connectivity index (χ4n) is 1.74. The molecule has 0 aliphatic carbocycles. The van der Waals surface area contributed by atoms with E-state index in [1.165, 1.54) is 28.3 Å². The zero-order chi connectivity index (χ0) is 12.1. The summed E-state index contributed by atoms with van der Waals surface area (Å²) in [6.45, 7) is 3.25. The summed E-state index contributed by atoms with van der Waals surface area (Å²) in [5.41, 5.74) is 2.49. The van der Waals surface area contributed by atoms with Crippen LogP contribution < -0.4 is 5.32 Å². The first kappa shape index (κ1) is 12.7. The van der Waals surface area contributed by atoms with Crippen molar-refractivity contribution in [2.24, 2.45) is 0 Å². The molecule has 0 aliphatic rings. The van der Waals surface area contributed by atoms with E-state index in [0.29, 0.717) is 0 Å². The Hall–Kier alpha value is -0.710. The van der Waals surface area contributed by atoms with Crippen LogP contribution in [0.1, 0.15) is 23.4 Å². The van der Waals surface area contributed by atoms with Gasteiger partial charge in [0, 0.05) is 5.38 Å². The highest BCUT2D eigenvalue weighted by atomic mass is 32.1. The van der Waals surface area contributed by atoms with E-state index in [-0.39, 0.29) is 0 Å². The first-order chi connectivity index (χ1) is 8.31. The number of unbranched alkanes of at least 4 members (excludes halogenated alkanes) is 1. The van der Waals surface area contributed by atoms with Crippen LogP contribution in [0.5, 0.6) is 0 Å². The summed E-state index contributed by atoms with van der Waals surface area (Å²) in [4.78, 5) is 6.04. The van der Waals surface area contributed by atoms with Gasteiger partial charge in [0.15, 0.2) is 0 Å². The second kappa shape index (κ2) is 6.28. The number of thiophene rings is 1. The van der Waals surface area contributed by atoms with E-state index in [1.54, 1.807) is 22.7 Å². The van der Waals surface area contributed by atoms with E-state index in [1.807, 2.05) is 7.05 Å². The van der Waals surface area contributed by atoms with Crippen LogP contribution in [-0.2, 0) is 6.42 Å². The van der Waals surface area contributed by atoms with E-state index >= 15 is 0 Å².